The van der Waals surface area contributed by atoms with Crippen LogP contribution in [0, 0.1) is 37.8 Å². The van der Waals surface area contributed by atoms with Crippen LogP contribution in [0.2, 0.25) is 0 Å². The predicted octanol–water partition coefficient (Wildman–Crippen LogP) is 5.67. The summed E-state index contributed by atoms with van der Waals surface area (Å²) in [6.45, 7) is 7.36. The second-order valence-electron chi connectivity index (χ2n) is 7.97. The van der Waals surface area contributed by atoms with E-state index in [1.54, 1.807) is 31.7 Å². The lowest BCUT2D eigenvalue weighted by Crippen LogP contribution is -2.14. The predicted molar refractivity (Wildman–Crippen MR) is 136 cm³/mol. The molecule has 2 N–H and O–H groups in total. The SMILES string of the molecule is Cc1ccc(C)c(SCc2nc3sc(C(=O)Nc4cccc([N+](=O)[O-])c4C)c(C)c3c(=O)[nH]2)c1. The van der Waals surface area contributed by atoms with E-state index in [-0.39, 0.29) is 11.2 Å². The van der Waals surface area contributed by atoms with Crippen molar-refractivity contribution in [2.45, 2.75) is 38.3 Å². The van der Waals surface area contributed by atoms with Gasteiger partial charge >= 0.3 is 0 Å². The van der Waals surface area contributed by atoms with Crippen LogP contribution in [-0.4, -0.2) is 20.8 Å². The van der Waals surface area contributed by atoms with Crippen LogP contribution in [0.5, 0.6) is 0 Å². The molecule has 8 nitrogen and oxygen atoms in total. The number of H-pyrrole nitrogens is 1. The summed E-state index contributed by atoms with van der Waals surface area (Å²) in [5.74, 6) is 0.585. The van der Waals surface area contributed by atoms with E-state index in [0.29, 0.717) is 43.5 Å². The fraction of sp³-hybridized carbons (Fsp3) is 0.208. The number of nitro benzene ring substituents is 1. The Balaban J connectivity index is 1.62. The summed E-state index contributed by atoms with van der Waals surface area (Å²) in [5.41, 5.74) is 3.19. The second kappa shape index (κ2) is 9.40. The Morgan fingerprint density at radius 1 is 1.18 bits per heavy atom. The van der Waals surface area contributed by atoms with Crippen LogP contribution >= 0.6 is 23.1 Å². The van der Waals surface area contributed by atoms with Gasteiger partial charge in [0.2, 0.25) is 0 Å². The number of thiophene rings is 1. The summed E-state index contributed by atoms with van der Waals surface area (Å²) in [7, 11) is 0. The van der Waals surface area contributed by atoms with Crippen molar-refractivity contribution in [1.29, 1.82) is 0 Å². The molecule has 2 aromatic heterocycles. The fourth-order valence-corrected chi connectivity index (χ4v) is 5.71. The summed E-state index contributed by atoms with van der Waals surface area (Å²) < 4.78 is 0. The first-order valence-corrected chi connectivity index (χ1v) is 12.2. The third-order valence-corrected chi connectivity index (χ3v) is 7.87. The first kappa shape index (κ1) is 23.7. The van der Waals surface area contributed by atoms with Crippen LogP contribution in [0.25, 0.3) is 10.2 Å². The van der Waals surface area contributed by atoms with Crippen LogP contribution in [0.1, 0.15) is 37.7 Å². The van der Waals surface area contributed by atoms with Gasteiger partial charge in [0.25, 0.3) is 17.2 Å². The zero-order valence-corrected chi connectivity index (χ0v) is 20.6. The largest absolute Gasteiger partial charge is 0.321 e. The number of hydrogen-bond donors (Lipinski definition) is 2. The minimum atomic E-state index is -0.489. The topological polar surface area (TPSA) is 118 Å². The number of nitrogens with one attached hydrogen (secondary N) is 2. The Morgan fingerprint density at radius 3 is 2.68 bits per heavy atom. The molecule has 10 heteroatoms. The number of anilines is 1. The van der Waals surface area contributed by atoms with Gasteiger partial charge in [0.15, 0.2) is 0 Å². The number of nitrogens with zero attached hydrogens (tertiary/aromatic N) is 2. The first-order chi connectivity index (χ1) is 16.2. The average Bonchev–Trinajstić information content (AvgIpc) is 3.12. The molecule has 4 aromatic rings. The molecule has 0 aliphatic heterocycles. The van der Waals surface area contributed by atoms with Crippen molar-refractivity contribution in [2.75, 3.05) is 5.32 Å². The number of rotatable bonds is 6. The second-order valence-corrected chi connectivity index (χ2v) is 9.98. The van der Waals surface area contributed by atoms with Crippen molar-refractivity contribution in [2.24, 2.45) is 0 Å². The van der Waals surface area contributed by atoms with E-state index in [4.69, 9.17) is 0 Å². The highest BCUT2D eigenvalue weighted by molar-refractivity contribution is 7.98. The van der Waals surface area contributed by atoms with Crippen molar-refractivity contribution >= 4 is 50.6 Å². The molecule has 0 bridgehead atoms. The molecule has 34 heavy (non-hydrogen) atoms. The van der Waals surface area contributed by atoms with Gasteiger partial charge in [-0.1, -0.05) is 23.8 Å². The third-order valence-electron chi connectivity index (χ3n) is 5.51. The molecule has 0 fully saturated rings. The summed E-state index contributed by atoms with van der Waals surface area (Å²) in [4.78, 5) is 45.9. The van der Waals surface area contributed by atoms with Crippen molar-refractivity contribution in [3.05, 3.63) is 89.8 Å². The summed E-state index contributed by atoms with van der Waals surface area (Å²) >= 11 is 2.73. The van der Waals surface area contributed by atoms with E-state index < -0.39 is 10.8 Å². The fourth-order valence-electron chi connectivity index (χ4n) is 3.62. The van der Waals surface area contributed by atoms with Crippen LogP contribution in [0.4, 0.5) is 11.4 Å². The lowest BCUT2D eigenvalue weighted by molar-refractivity contribution is -0.385. The number of carbonyl (C=O) groups excluding carboxylic acids is 1. The summed E-state index contributed by atoms with van der Waals surface area (Å²) in [6, 6.07) is 10.7. The maximum Gasteiger partial charge on any atom is 0.274 e. The van der Waals surface area contributed by atoms with E-state index in [0.717, 1.165) is 27.4 Å². The Labute approximate surface area is 203 Å². The maximum absolute atomic E-state index is 13.0. The minimum Gasteiger partial charge on any atom is -0.321 e. The number of thioether (sulfide) groups is 1. The van der Waals surface area contributed by atoms with Crippen LogP contribution in [-0.2, 0) is 5.75 Å². The van der Waals surface area contributed by atoms with E-state index in [1.807, 2.05) is 13.8 Å². The Hall–Kier alpha value is -3.50. The average molecular weight is 495 g/mol. The molecule has 2 aromatic carbocycles. The molecule has 0 aliphatic carbocycles. The normalized spacial score (nSPS) is 11.1. The van der Waals surface area contributed by atoms with E-state index >= 15 is 0 Å². The molecule has 0 saturated heterocycles. The molecule has 0 radical (unpaired) electrons. The van der Waals surface area contributed by atoms with E-state index in [1.165, 1.54) is 12.1 Å². The molecule has 2 heterocycles. The highest BCUT2D eigenvalue weighted by Crippen LogP contribution is 2.31. The Kier molecular flexibility index (Phi) is 6.54. The number of fused-ring (bicyclic) bond motifs is 1. The first-order valence-electron chi connectivity index (χ1n) is 10.4. The zero-order chi connectivity index (χ0) is 24.6. The number of benzene rings is 2. The summed E-state index contributed by atoms with van der Waals surface area (Å²) in [6.07, 6.45) is 0. The lowest BCUT2D eigenvalue weighted by atomic mass is 10.1. The molecule has 1 amide bonds. The highest BCUT2D eigenvalue weighted by Gasteiger charge is 2.21. The summed E-state index contributed by atoms with van der Waals surface area (Å²) in [5, 5.41) is 14.3. The number of aryl methyl sites for hydroxylation is 3. The molecule has 174 valence electrons. The molecule has 0 atom stereocenters. The zero-order valence-electron chi connectivity index (χ0n) is 19.0. The van der Waals surface area contributed by atoms with E-state index in [2.05, 4.69) is 33.5 Å². The van der Waals surface area contributed by atoms with Gasteiger partial charge in [-0.2, -0.15) is 0 Å². The molecule has 0 aliphatic rings. The molecule has 0 unspecified atom stereocenters. The monoisotopic (exact) mass is 494 g/mol. The number of aromatic nitrogens is 2. The quantitative estimate of drug-likeness (QED) is 0.202. The molecule has 0 spiro atoms. The van der Waals surface area contributed by atoms with Crippen LogP contribution in [0.3, 0.4) is 0 Å². The number of carbonyl (C=O) groups is 1. The third kappa shape index (κ3) is 4.59. The number of aromatic amines is 1. The van der Waals surface area contributed by atoms with E-state index in [9.17, 15) is 19.7 Å². The highest BCUT2D eigenvalue weighted by atomic mass is 32.2. The van der Waals surface area contributed by atoms with Crippen LogP contribution in [0.15, 0.2) is 46.1 Å². The van der Waals surface area contributed by atoms with Gasteiger partial charge in [0, 0.05) is 11.0 Å². The molecule has 4 rings (SSSR count). The standard InChI is InChI=1S/C24H22N4O4S2/c1-12-8-9-13(2)18(10-12)33-11-19-26-22(29)20-15(4)21(34-24(20)27-19)23(30)25-16-6-5-7-17(14(16)3)28(31)32/h5-10H,11H2,1-4H3,(H,25,30)(H,26,27,29). The molecular weight excluding hydrogens is 472 g/mol. The van der Waals surface area contributed by atoms with Crippen molar-refractivity contribution in [3.8, 4) is 0 Å². The Bertz CT molecular complexity index is 1510. The number of hydrogen-bond acceptors (Lipinski definition) is 7. The van der Waals surface area contributed by atoms with Gasteiger partial charge in [-0.25, -0.2) is 4.98 Å². The van der Waals surface area contributed by atoms with Crippen molar-refractivity contribution < 1.29 is 9.72 Å². The minimum absolute atomic E-state index is 0.0741. The van der Waals surface area contributed by atoms with Crippen molar-refractivity contribution in [3.63, 3.8) is 0 Å². The Morgan fingerprint density at radius 2 is 1.94 bits per heavy atom. The van der Waals surface area contributed by atoms with Crippen molar-refractivity contribution in [1.82, 2.24) is 9.97 Å². The van der Waals surface area contributed by atoms with Gasteiger partial charge < -0.3 is 10.3 Å². The lowest BCUT2D eigenvalue weighted by Gasteiger charge is -2.08. The molecular formula is C24H22N4O4S2. The van der Waals surface area contributed by atoms with Crippen LogP contribution < -0.4 is 10.9 Å². The van der Waals surface area contributed by atoms with Gasteiger partial charge in [-0.05, 0) is 51.0 Å². The van der Waals surface area contributed by atoms with Gasteiger partial charge in [0.05, 0.1) is 32.2 Å². The number of nitro groups is 1. The maximum atomic E-state index is 13.0. The molecule has 0 saturated carbocycles. The van der Waals surface area contributed by atoms with Gasteiger partial charge in [-0.15, -0.1) is 23.1 Å². The van der Waals surface area contributed by atoms with Gasteiger partial charge in [-0.3, -0.25) is 19.7 Å². The number of amides is 1. The van der Waals surface area contributed by atoms with Gasteiger partial charge in [0.1, 0.15) is 10.7 Å². The smallest absolute Gasteiger partial charge is 0.274 e.